The second-order valence-corrected chi connectivity index (χ2v) is 15.5. The van der Waals surface area contributed by atoms with E-state index in [1.807, 2.05) is 67.5 Å². The van der Waals surface area contributed by atoms with E-state index in [0.717, 1.165) is 17.2 Å². The molecule has 1 aromatic carbocycles. The van der Waals surface area contributed by atoms with Gasteiger partial charge in [0.15, 0.2) is 28.8 Å². The molecule has 244 valence electrons. The number of ketones is 3. The zero-order chi connectivity index (χ0) is 33.9. The molecule has 2 fully saturated rings. The summed E-state index contributed by atoms with van der Waals surface area (Å²) in [6.45, 7) is 19.0. The first-order valence-electron chi connectivity index (χ1n) is 15.9. The van der Waals surface area contributed by atoms with E-state index >= 15 is 9.59 Å². The molecule has 1 aromatic rings. The van der Waals surface area contributed by atoms with Crippen molar-refractivity contribution in [1.29, 1.82) is 0 Å². The summed E-state index contributed by atoms with van der Waals surface area (Å²) in [4.78, 5) is 45.0. The molecule has 1 saturated heterocycles. The summed E-state index contributed by atoms with van der Waals surface area (Å²) in [7, 11) is 0. The molecule has 7 nitrogen and oxygen atoms in total. The number of aromatic hydroxyl groups is 2. The first-order valence-corrected chi connectivity index (χ1v) is 15.9. The number of aliphatic hydroxyl groups is 1. The number of phenols is 2. The number of carbonyl (C=O) groups is 3. The predicted octanol–water partition coefficient (Wildman–Crippen LogP) is 7.56. The minimum atomic E-state index is -1.60. The molecule has 2 bridgehead atoms. The molecule has 1 heterocycles. The van der Waals surface area contributed by atoms with Crippen LogP contribution in [0.4, 0.5) is 0 Å². The molecule has 4 atom stereocenters. The van der Waals surface area contributed by atoms with Gasteiger partial charge in [-0.1, -0.05) is 49.3 Å². The molecule has 7 heteroatoms. The quantitative estimate of drug-likeness (QED) is 0.0904. The van der Waals surface area contributed by atoms with Gasteiger partial charge in [-0.05, 0) is 111 Å². The highest BCUT2D eigenvalue weighted by atomic mass is 16.5. The molecular weight excluding hydrogens is 568 g/mol. The summed E-state index contributed by atoms with van der Waals surface area (Å²) in [5, 5.41) is 30.9. The normalized spacial score (nSPS) is 28.8. The Bertz CT molecular complexity index is 1540. The third-order valence-electron chi connectivity index (χ3n) is 10.5. The van der Waals surface area contributed by atoms with Crippen LogP contribution in [0.15, 0.2) is 65.0 Å². The van der Waals surface area contributed by atoms with Crippen LogP contribution in [0.25, 0.3) is 0 Å². The van der Waals surface area contributed by atoms with Crippen LogP contribution < -0.4 is 0 Å². The summed E-state index contributed by atoms with van der Waals surface area (Å²) in [5.74, 6) is -2.61. The number of fused-ring (bicyclic) bond motifs is 1. The van der Waals surface area contributed by atoms with Crippen molar-refractivity contribution in [2.45, 2.75) is 106 Å². The van der Waals surface area contributed by atoms with E-state index in [1.54, 1.807) is 19.9 Å². The van der Waals surface area contributed by atoms with Crippen molar-refractivity contribution < 1.29 is 34.4 Å². The molecule has 1 saturated carbocycles. The zero-order valence-corrected chi connectivity index (χ0v) is 28.5. The van der Waals surface area contributed by atoms with Crippen LogP contribution in [-0.2, 0) is 14.3 Å². The van der Waals surface area contributed by atoms with Gasteiger partial charge in [-0.2, -0.15) is 0 Å². The Morgan fingerprint density at radius 2 is 1.60 bits per heavy atom. The Balaban J connectivity index is 2.11. The number of carbonyl (C=O) groups excluding carboxylic acids is 3. The van der Waals surface area contributed by atoms with E-state index in [1.165, 1.54) is 12.1 Å². The summed E-state index contributed by atoms with van der Waals surface area (Å²) < 4.78 is 6.77. The molecule has 0 aromatic heterocycles. The predicted molar refractivity (Wildman–Crippen MR) is 175 cm³/mol. The van der Waals surface area contributed by atoms with Gasteiger partial charge in [-0.15, -0.1) is 0 Å². The molecular formula is C38H50O7. The van der Waals surface area contributed by atoms with Gasteiger partial charge in [-0.3, -0.25) is 14.4 Å². The van der Waals surface area contributed by atoms with E-state index in [4.69, 9.17) is 4.74 Å². The van der Waals surface area contributed by atoms with Crippen molar-refractivity contribution in [1.82, 2.24) is 0 Å². The summed E-state index contributed by atoms with van der Waals surface area (Å²) in [6, 6.07) is 3.72. The second-order valence-electron chi connectivity index (χ2n) is 15.5. The van der Waals surface area contributed by atoms with Crippen molar-refractivity contribution in [3.63, 3.8) is 0 Å². The van der Waals surface area contributed by atoms with E-state index in [9.17, 15) is 20.1 Å². The van der Waals surface area contributed by atoms with E-state index < -0.39 is 44.8 Å². The lowest BCUT2D eigenvalue weighted by Crippen LogP contribution is -2.69. The molecule has 4 rings (SSSR count). The van der Waals surface area contributed by atoms with Crippen molar-refractivity contribution in [3.05, 3.63) is 70.5 Å². The lowest BCUT2D eigenvalue weighted by Gasteiger charge is -2.63. The van der Waals surface area contributed by atoms with Gasteiger partial charge in [0, 0.05) is 11.5 Å². The Kier molecular flexibility index (Phi) is 8.73. The highest BCUT2D eigenvalue weighted by Gasteiger charge is 2.74. The van der Waals surface area contributed by atoms with Crippen molar-refractivity contribution in [3.8, 4) is 11.5 Å². The highest BCUT2D eigenvalue weighted by molar-refractivity contribution is 6.35. The van der Waals surface area contributed by atoms with Gasteiger partial charge in [0.2, 0.25) is 0 Å². The smallest absolute Gasteiger partial charge is 0.200 e. The van der Waals surface area contributed by atoms with Crippen LogP contribution in [-0.4, -0.2) is 43.9 Å². The maximum Gasteiger partial charge on any atom is 0.200 e. The SMILES string of the molecule is CC(C)=CC[C@H]1C[C@@]23C[C@H](/C=C/C(C)(C)O)C(C)(C)[C@@](CC=C(C)C)(C(=O)C(C(=O)c4ccc(O)c(O)c4)=C2OC1(C)C)C3=O. The van der Waals surface area contributed by atoms with Crippen LogP contribution in [0.5, 0.6) is 11.5 Å². The fourth-order valence-corrected chi connectivity index (χ4v) is 7.54. The minimum absolute atomic E-state index is 0.0189. The van der Waals surface area contributed by atoms with Crippen molar-refractivity contribution in [2.75, 3.05) is 0 Å². The van der Waals surface area contributed by atoms with Crippen LogP contribution in [0.1, 0.15) is 105 Å². The Labute approximate surface area is 267 Å². The average Bonchev–Trinajstić information content (AvgIpc) is 2.90. The monoisotopic (exact) mass is 618 g/mol. The third kappa shape index (κ3) is 5.73. The first-order chi connectivity index (χ1) is 20.6. The van der Waals surface area contributed by atoms with Gasteiger partial charge < -0.3 is 20.1 Å². The summed E-state index contributed by atoms with van der Waals surface area (Å²) >= 11 is 0. The van der Waals surface area contributed by atoms with Gasteiger partial charge in [0.1, 0.15) is 22.3 Å². The largest absolute Gasteiger partial charge is 0.504 e. The number of rotatable bonds is 8. The molecule has 0 unspecified atom stereocenters. The molecule has 2 aliphatic carbocycles. The number of allylic oxidation sites excluding steroid dienone is 7. The molecule has 3 aliphatic rings. The molecule has 0 radical (unpaired) electrons. The van der Waals surface area contributed by atoms with Crippen LogP contribution >= 0.6 is 0 Å². The van der Waals surface area contributed by atoms with Gasteiger partial charge in [0.05, 0.1) is 11.0 Å². The summed E-state index contributed by atoms with van der Waals surface area (Å²) in [6.07, 6.45) is 9.18. The maximum atomic E-state index is 15.3. The fraction of sp³-hybridized carbons (Fsp3) is 0.553. The van der Waals surface area contributed by atoms with Crippen molar-refractivity contribution in [2.24, 2.45) is 28.1 Å². The molecule has 3 N–H and O–H groups in total. The fourth-order valence-electron chi connectivity index (χ4n) is 7.54. The molecule has 1 aliphatic heterocycles. The summed E-state index contributed by atoms with van der Waals surface area (Å²) in [5.41, 5.74) is -3.79. The molecule has 0 amide bonds. The first kappa shape index (κ1) is 34.4. The number of Topliss-reactive ketones (excluding diaryl/α,β-unsaturated/α-hetero) is 3. The van der Waals surface area contributed by atoms with Gasteiger partial charge in [-0.25, -0.2) is 0 Å². The van der Waals surface area contributed by atoms with Crippen LogP contribution in [0.3, 0.4) is 0 Å². The highest BCUT2D eigenvalue weighted by Crippen LogP contribution is 2.69. The van der Waals surface area contributed by atoms with Gasteiger partial charge in [0.25, 0.3) is 0 Å². The zero-order valence-electron chi connectivity index (χ0n) is 28.5. The standard InChI is InChI=1S/C38H50O7/c1-22(2)11-13-26-21-37-20-25(16-17-34(5,6)44)35(7,8)38(33(37)43,18-15-23(3)4)31(42)29(32(37)45-36(26,9)10)30(41)24-12-14-27(39)28(40)19-24/h11-12,14-17,19,25-26,39-40,44H,13,18,20-21H2,1-10H3/b17-16+/t25-,26-,37-,38-/m0/s1. The van der Waals surface area contributed by atoms with E-state index in [0.29, 0.717) is 19.3 Å². The lowest BCUT2D eigenvalue weighted by atomic mass is 9.39. The minimum Gasteiger partial charge on any atom is -0.504 e. The van der Waals surface area contributed by atoms with Crippen molar-refractivity contribution >= 4 is 17.3 Å². The van der Waals surface area contributed by atoms with Gasteiger partial charge >= 0.3 is 0 Å². The van der Waals surface area contributed by atoms with E-state index in [-0.39, 0.29) is 46.7 Å². The Morgan fingerprint density at radius 3 is 2.16 bits per heavy atom. The number of hydrogen-bond donors (Lipinski definition) is 3. The van der Waals surface area contributed by atoms with Crippen LogP contribution in [0.2, 0.25) is 0 Å². The van der Waals surface area contributed by atoms with Crippen LogP contribution in [0, 0.1) is 28.1 Å². The number of benzene rings is 1. The number of hydrogen-bond acceptors (Lipinski definition) is 7. The average molecular weight is 619 g/mol. The topological polar surface area (TPSA) is 121 Å². The molecule has 1 spiro atoms. The molecule has 45 heavy (non-hydrogen) atoms. The Hall–Kier alpha value is -3.45. The van der Waals surface area contributed by atoms with E-state index in [2.05, 4.69) is 6.08 Å². The second kappa shape index (κ2) is 11.4. The lowest BCUT2D eigenvalue weighted by molar-refractivity contribution is -0.185. The Morgan fingerprint density at radius 1 is 0.978 bits per heavy atom. The third-order valence-corrected chi connectivity index (χ3v) is 10.5. The number of ether oxygens (including phenoxy) is 1. The maximum absolute atomic E-state index is 15.3. The number of phenolic OH excluding ortho intramolecular Hbond substituents is 2.